The number of benzene rings is 1. The predicted octanol–water partition coefficient (Wildman–Crippen LogP) is 2.49. The van der Waals surface area contributed by atoms with Crippen molar-refractivity contribution in [2.45, 2.75) is 63.0 Å². The molecule has 0 N–H and O–H groups in total. The van der Waals surface area contributed by atoms with Crippen molar-refractivity contribution in [2.24, 2.45) is 0 Å². The maximum absolute atomic E-state index is 13.3. The van der Waals surface area contributed by atoms with Gasteiger partial charge in [-0.15, -0.1) is 0 Å². The van der Waals surface area contributed by atoms with Crippen LogP contribution in [0.1, 0.15) is 54.9 Å². The Morgan fingerprint density at radius 1 is 1.06 bits per heavy atom. The van der Waals surface area contributed by atoms with Crippen molar-refractivity contribution in [3.05, 3.63) is 29.3 Å². The normalized spacial score (nSPS) is 26.3. The Hall–Kier alpha value is -1.48. The van der Waals surface area contributed by atoms with Crippen LogP contribution in [0.3, 0.4) is 0 Å². The second-order valence-corrected chi connectivity index (χ2v) is 11.1. The van der Waals surface area contributed by atoms with Crippen LogP contribution >= 0.6 is 0 Å². The fraction of sp³-hybridized carbons (Fsp3) is 0.696. The van der Waals surface area contributed by atoms with E-state index < -0.39 is 10.0 Å². The number of carbonyl (C=O) groups excluding carboxylic acids is 1. The fourth-order valence-corrected chi connectivity index (χ4v) is 6.66. The van der Waals surface area contributed by atoms with Crippen LogP contribution < -0.4 is 0 Å². The molecule has 0 aromatic heterocycles. The van der Waals surface area contributed by atoms with Gasteiger partial charge in [-0.3, -0.25) is 9.69 Å². The molecule has 0 bridgehead atoms. The zero-order valence-corrected chi connectivity index (χ0v) is 19.6. The largest absolute Gasteiger partial charge is 0.377 e. The fourth-order valence-electron chi connectivity index (χ4n) is 4.94. The van der Waals surface area contributed by atoms with Gasteiger partial charge < -0.3 is 9.64 Å². The van der Waals surface area contributed by atoms with Gasteiger partial charge >= 0.3 is 0 Å². The molecule has 3 saturated heterocycles. The highest BCUT2D eigenvalue weighted by molar-refractivity contribution is 7.89. The molecule has 172 valence electrons. The minimum absolute atomic E-state index is 0.00358. The second-order valence-electron chi connectivity index (χ2n) is 9.17. The number of hydrogen-bond acceptors (Lipinski definition) is 5. The summed E-state index contributed by atoms with van der Waals surface area (Å²) in [6, 6.07) is 4.99. The molecule has 3 fully saturated rings. The Balaban J connectivity index is 1.45. The molecular weight excluding hydrogens is 414 g/mol. The van der Waals surface area contributed by atoms with Crippen molar-refractivity contribution in [3.63, 3.8) is 0 Å². The minimum Gasteiger partial charge on any atom is -0.377 e. The van der Waals surface area contributed by atoms with Crippen LogP contribution in [0.4, 0.5) is 0 Å². The summed E-state index contributed by atoms with van der Waals surface area (Å²) in [5, 5.41) is 0. The maximum Gasteiger partial charge on any atom is 0.254 e. The lowest BCUT2D eigenvalue weighted by Crippen LogP contribution is -2.50. The molecule has 4 rings (SSSR count). The number of ether oxygens (including phenoxy) is 1. The molecule has 7 nitrogen and oxygen atoms in total. The Bertz CT molecular complexity index is 890. The van der Waals surface area contributed by atoms with Gasteiger partial charge in [0.25, 0.3) is 5.91 Å². The highest BCUT2D eigenvalue weighted by Gasteiger charge is 2.32. The van der Waals surface area contributed by atoms with E-state index in [2.05, 4.69) is 4.90 Å². The van der Waals surface area contributed by atoms with Gasteiger partial charge in [0, 0.05) is 57.5 Å². The van der Waals surface area contributed by atoms with E-state index in [9.17, 15) is 13.2 Å². The molecule has 3 aliphatic heterocycles. The quantitative estimate of drug-likeness (QED) is 0.691. The predicted molar refractivity (Wildman–Crippen MR) is 120 cm³/mol. The van der Waals surface area contributed by atoms with Crippen molar-refractivity contribution in [2.75, 3.05) is 45.9 Å². The first-order chi connectivity index (χ1) is 14.9. The monoisotopic (exact) mass is 449 g/mol. The number of rotatable bonds is 5. The Morgan fingerprint density at radius 3 is 2.52 bits per heavy atom. The first-order valence-corrected chi connectivity index (χ1v) is 13.1. The first-order valence-electron chi connectivity index (χ1n) is 11.6. The summed E-state index contributed by atoms with van der Waals surface area (Å²) < 4.78 is 33.8. The van der Waals surface area contributed by atoms with Gasteiger partial charge in [-0.05, 0) is 57.2 Å². The average Bonchev–Trinajstić information content (AvgIpc) is 3.27. The van der Waals surface area contributed by atoms with Crippen LogP contribution in [-0.2, 0) is 14.8 Å². The van der Waals surface area contributed by atoms with E-state index in [4.69, 9.17) is 4.74 Å². The molecule has 1 aromatic rings. The third-order valence-corrected chi connectivity index (χ3v) is 8.94. The van der Waals surface area contributed by atoms with E-state index in [0.29, 0.717) is 31.3 Å². The number of nitrogens with zero attached hydrogens (tertiary/aromatic N) is 3. The topological polar surface area (TPSA) is 70.2 Å². The van der Waals surface area contributed by atoms with Crippen molar-refractivity contribution in [3.8, 4) is 0 Å². The van der Waals surface area contributed by atoms with E-state index in [-0.39, 0.29) is 16.8 Å². The molecular formula is C23H35N3O4S. The number of piperidine rings is 1. The van der Waals surface area contributed by atoms with Crippen molar-refractivity contribution in [1.82, 2.24) is 14.1 Å². The summed E-state index contributed by atoms with van der Waals surface area (Å²) in [7, 11) is -3.60. The number of carbonyl (C=O) groups is 1. The number of piperazine rings is 1. The molecule has 0 radical (unpaired) electrons. The van der Waals surface area contributed by atoms with Crippen LogP contribution in [0.15, 0.2) is 23.1 Å². The Kier molecular flexibility index (Phi) is 7.01. The first kappa shape index (κ1) is 22.7. The lowest BCUT2D eigenvalue weighted by Gasteiger charge is -2.36. The van der Waals surface area contributed by atoms with Gasteiger partial charge in [0.2, 0.25) is 10.0 Å². The molecule has 0 saturated carbocycles. The van der Waals surface area contributed by atoms with Gasteiger partial charge in [0.1, 0.15) is 0 Å². The number of aryl methyl sites for hydroxylation is 1. The van der Waals surface area contributed by atoms with Crippen LogP contribution in [0.5, 0.6) is 0 Å². The average molecular weight is 450 g/mol. The smallest absolute Gasteiger partial charge is 0.254 e. The molecule has 31 heavy (non-hydrogen) atoms. The molecule has 8 heteroatoms. The van der Waals surface area contributed by atoms with Crippen molar-refractivity contribution in [1.29, 1.82) is 0 Å². The maximum atomic E-state index is 13.3. The van der Waals surface area contributed by atoms with E-state index in [1.54, 1.807) is 22.5 Å². The molecule has 3 aliphatic rings. The summed E-state index contributed by atoms with van der Waals surface area (Å²) in [4.78, 5) is 17.7. The Labute approximate surface area is 186 Å². The van der Waals surface area contributed by atoms with E-state index in [0.717, 1.165) is 63.9 Å². The molecule has 2 unspecified atom stereocenters. The summed E-state index contributed by atoms with van der Waals surface area (Å²) >= 11 is 0. The number of hydrogen-bond donors (Lipinski definition) is 0. The van der Waals surface area contributed by atoms with Gasteiger partial charge in [-0.2, -0.15) is 4.31 Å². The highest BCUT2D eigenvalue weighted by Crippen LogP contribution is 2.27. The van der Waals surface area contributed by atoms with Gasteiger partial charge in [-0.25, -0.2) is 8.42 Å². The van der Waals surface area contributed by atoms with Gasteiger partial charge in [0.05, 0.1) is 11.0 Å². The molecule has 3 heterocycles. The van der Waals surface area contributed by atoms with Crippen LogP contribution in [0.2, 0.25) is 0 Å². The zero-order valence-electron chi connectivity index (χ0n) is 18.8. The van der Waals surface area contributed by atoms with Crippen LogP contribution in [0.25, 0.3) is 0 Å². The van der Waals surface area contributed by atoms with Crippen LogP contribution in [0, 0.1) is 6.92 Å². The van der Waals surface area contributed by atoms with E-state index >= 15 is 0 Å². The third-order valence-electron chi connectivity index (χ3n) is 6.93. The van der Waals surface area contributed by atoms with Crippen molar-refractivity contribution >= 4 is 15.9 Å². The van der Waals surface area contributed by atoms with Gasteiger partial charge in [0.15, 0.2) is 0 Å². The van der Waals surface area contributed by atoms with Gasteiger partial charge in [-0.1, -0.05) is 12.5 Å². The Morgan fingerprint density at radius 2 is 1.84 bits per heavy atom. The molecule has 2 atom stereocenters. The summed E-state index contributed by atoms with van der Waals surface area (Å²) in [5.41, 5.74) is 1.32. The second kappa shape index (κ2) is 9.57. The lowest BCUT2D eigenvalue weighted by atomic mass is 10.1. The van der Waals surface area contributed by atoms with Crippen molar-refractivity contribution < 1.29 is 17.9 Å². The molecule has 1 amide bonds. The van der Waals surface area contributed by atoms with E-state index in [1.165, 1.54) is 0 Å². The molecule has 1 aromatic carbocycles. The SMILES string of the molecule is Cc1ccc(S(=O)(=O)N2CCCCC2C)cc1C(=O)N1CCN(CC2CCCO2)CC1. The summed E-state index contributed by atoms with van der Waals surface area (Å²) in [5.74, 6) is -0.0713. The number of sulfonamides is 1. The zero-order chi connectivity index (χ0) is 22.0. The van der Waals surface area contributed by atoms with E-state index in [1.807, 2.05) is 18.7 Å². The third kappa shape index (κ3) is 4.97. The van der Waals surface area contributed by atoms with Crippen LogP contribution in [-0.4, -0.2) is 86.5 Å². The highest BCUT2D eigenvalue weighted by atomic mass is 32.2. The summed E-state index contributed by atoms with van der Waals surface area (Å²) in [6.45, 7) is 9.15. The molecule has 0 aliphatic carbocycles. The number of amides is 1. The molecule has 0 spiro atoms. The standard InChI is InChI=1S/C23H35N3O4S/c1-18-8-9-21(31(28,29)26-10-4-3-6-19(26)2)16-22(18)23(27)25-13-11-24(12-14-25)17-20-7-5-15-30-20/h8-9,16,19-20H,3-7,10-15,17H2,1-2H3. The lowest BCUT2D eigenvalue weighted by molar-refractivity contribution is 0.0432. The minimum atomic E-state index is -3.60. The summed E-state index contributed by atoms with van der Waals surface area (Å²) in [6.07, 6.45) is 5.41.